The molecule has 0 saturated heterocycles. The lowest BCUT2D eigenvalue weighted by Gasteiger charge is -2.22. The minimum Gasteiger partial charge on any atom is -0.434 e. The highest BCUT2D eigenvalue weighted by Gasteiger charge is 2.38. The van der Waals surface area contributed by atoms with Crippen LogP contribution in [0.15, 0.2) is 54.6 Å². The van der Waals surface area contributed by atoms with E-state index >= 15 is 0 Å². The lowest BCUT2D eigenvalue weighted by molar-refractivity contribution is -0.0507. The Morgan fingerprint density at radius 2 is 1.92 bits per heavy atom. The lowest BCUT2D eigenvalue weighted by Crippen LogP contribution is -2.18. The number of halogens is 4. The van der Waals surface area contributed by atoms with Gasteiger partial charge in [-0.2, -0.15) is 8.78 Å². The van der Waals surface area contributed by atoms with Gasteiger partial charge in [0.05, 0.1) is 29.0 Å². The number of nitrogens with zero attached hydrogens (tertiary/aromatic N) is 3. The number of benzene rings is 3. The normalized spacial score (nSPS) is 17.2. The first-order valence-corrected chi connectivity index (χ1v) is 11.9. The molecule has 0 aliphatic carbocycles. The minimum absolute atomic E-state index is 0.0401. The van der Waals surface area contributed by atoms with E-state index < -0.39 is 12.7 Å². The van der Waals surface area contributed by atoms with E-state index in [9.17, 15) is 18.0 Å². The SMILES string of the molecule is CN(C)C1CC(c2c(C=O)cccc2OC(F)F)n2c1nc1ccc(-c3ccc(CCl)c(F)c3)cc12. The molecule has 1 aliphatic rings. The largest absolute Gasteiger partial charge is 0.434 e. The summed E-state index contributed by atoms with van der Waals surface area (Å²) in [7, 11) is 3.84. The zero-order chi connectivity index (χ0) is 25.6. The van der Waals surface area contributed by atoms with Crippen molar-refractivity contribution in [2.75, 3.05) is 14.1 Å². The van der Waals surface area contributed by atoms with E-state index in [-0.39, 0.29) is 29.1 Å². The Bertz CT molecular complexity index is 1450. The van der Waals surface area contributed by atoms with Crippen LogP contribution in [-0.4, -0.2) is 41.4 Å². The summed E-state index contributed by atoms with van der Waals surface area (Å²) in [5, 5.41) is 0. The van der Waals surface area contributed by atoms with Gasteiger partial charge in [0.15, 0.2) is 6.29 Å². The number of hydrogen-bond acceptors (Lipinski definition) is 4. The van der Waals surface area contributed by atoms with E-state index in [2.05, 4.69) is 0 Å². The highest BCUT2D eigenvalue weighted by molar-refractivity contribution is 6.17. The van der Waals surface area contributed by atoms with Crippen LogP contribution in [0.1, 0.15) is 45.8 Å². The average molecular weight is 514 g/mol. The summed E-state index contributed by atoms with van der Waals surface area (Å²) in [5.41, 5.74) is 3.99. The second-order valence-corrected chi connectivity index (χ2v) is 9.24. The Morgan fingerprint density at radius 1 is 1.17 bits per heavy atom. The van der Waals surface area contributed by atoms with E-state index in [0.717, 1.165) is 16.9 Å². The summed E-state index contributed by atoms with van der Waals surface area (Å²) in [6, 6.07) is 14.5. The molecule has 2 atom stereocenters. The standard InChI is InChI=1S/C27H23ClF3N3O2/c1-33(2)23-12-22(25-18(14-35)4-3-5-24(25)36-27(30)31)34-21-11-16(8-9-20(21)32-26(23)34)15-6-7-17(13-28)19(29)10-15/h3-11,14,22-23,27H,12-13H2,1-2H3. The monoisotopic (exact) mass is 513 g/mol. The van der Waals surface area contributed by atoms with Crippen LogP contribution >= 0.6 is 11.6 Å². The van der Waals surface area contributed by atoms with Gasteiger partial charge in [-0.25, -0.2) is 9.37 Å². The first kappa shape index (κ1) is 24.3. The van der Waals surface area contributed by atoms with Crippen molar-refractivity contribution in [3.63, 3.8) is 0 Å². The van der Waals surface area contributed by atoms with Crippen LogP contribution < -0.4 is 4.74 Å². The molecule has 5 nitrogen and oxygen atoms in total. The fourth-order valence-electron chi connectivity index (χ4n) is 5.02. The van der Waals surface area contributed by atoms with Crippen molar-refractivity contribution in [1.82, 2.24) is 14.5 Å². The number of carbonyl (C=O) groups is 1. The Balaban J connectivity index is 1.71. The average Bonchev–Trinajstić information content (AvgIpc) is 3.40. The Hall–Kier alpha value is -3.36. The number of imidazole rings is 1. The van der Waals surface area contributed by atoms with E-state index in [4.69, 9.17) is 21.3 Å². The van der Waals surface area contributed by atoms with E-state index in [0.29, 0.717) is 34.9 Å². The number of rotatable bonds is 7. The third-order valence-electron chi connectivity index (χ3n) is 6.70. The first-order chi connectivity index (χ1) is 17.3. The second kappa shape index (κ2) is 9.59. The van der Waals surface area contributed by atoms with E-state index in [1.807, 2.05) is 41.8 Å². The molecule has 2 heterocycles. The fraction of sp³-hybridized carbons (Fsp3) is 0.259. The number of hydrogen-bond donors (Lipinski definition) is 0. The zero-order valence-electron chi connectivity index (χ0n) is 19.6. The van der Waals surface area contributed by atoms with Gasteiger partial charge in [0, 0.05) is 16.7 Å². The van der Waals surface area contributed by atoms with Gasteiger partial charge in [-0.15, -0.1) is 11.6 Å². The van der Waals surface area contributed by atoms with Crippen molar-refractivity contribution in [3.8, 4) is 16.9 Å². The maximum absolute atomic E-state index is 14.4. The molecule has 0 saturated carbocycles. The lowest BCUT2D eigenvalue weighted by atomic mass is 9.96. The van der Waals surface area contributed by atoms with Crippen molar-refractivity contribution in [2.24, 2.45) is 0 Å². The smallest absolute Gasteiger partial charge is 0.387 e. The van der Waals surface area contributed by atoms with E-state index in [1.54, 1.807) is 18.2 Å². The van der Waals surface area contributed by atoms with Crippen molar-refractivity contribution < 1.29 is 22.7 Å². The topological polar surface area (TPSA) is 47.4 Å². The van der Waals surface area contributed by atoms with Crippen molar-refractivity contribution in [1.29, 1.82) is 0 Å². The van der Waals surface area contributed by atoms with Gasteiger partial charge in [0.25, 0.3) is 0 Å². The molecule has 4 aromatic rings. The molecule has 9 heteroatoms. The van der Waals surface area contributed by atoms with Gasteiger partial charge in [-0.1, -0.05) is 30.3 Å². The molecule has 36 heavy (non-hydrogen) atoms. The van der Waals surface area contributed by atoms with Gasteiger partial charge in [0.2, 0.25) is 0 Å². The number of aldehydes is 1. The summed E-state index contributed by atoms with van der Waals surface area (Å²) >= 11 is 5.80. The van der Waals surface area contributed by atoms with Gasteiger partial charge < -0.3 is 9.30 Å². The molecule has 0 spiro atoms. The molecule has 186 valence electrons. The third-order valence-corrected chi connectivity index (χ3v) is 6.99. The molecule has 1 aromatic heterocycles. The maximum atomic E-state index is 14.4. The highest BCUT2D eigenvalue weighted by atomic mass is 35.5. The van der Waals surface area contributed by atoms with Crippen molar-refractivity contribution >= 4 is 28.9 Å². The van der Waals surface area contributed by atoms with Gasteiger partial charge in [-0.05, 0) is 55.9 Å². The summed E-state index contributed by atoms with van der Waals surface area (Å²) < 4.78 is 47.8. The molecule has 0 radical (unpaired) electrons. The Kier molecular flexibility index (Phi) is 6.49. The first-order valence-electron chi connectivity index (χ1n) is 11.4. The molecule has 2 unspecified atom stereocenters. The maximum Gasteiger partial charge on any atom is 0.387 e. The molecule has 5 rings (SSSR count). The molecule has 0 N–H and O–H groups in total. The third kappa shape index (κ3) is 4.14. The highest BCUT2D eigenvalue weighted by Crippen LogP contribution is 2.47. The summed E-state index contributed by atoms with van der Waals surface area (Å²) in [4.78, 5) is 18.8. The number of alkyl halides is 3. The molecule has 0 bridgehead atoms. The van der Waals surface area contributed by atoms with Crippen LogP contribution in [0.2, 0.25) is 0 Å². The van der Waals surface area contributed by atoms with Gasteiger partial charge >= 0.3 is 6.61 Å². The van der Waals surface area contributed by atoms with Crippen LogP contribution in [0.3, 0.4) is 0 Å². The Morgan fingerprint density at radius 3 is 2.58 bits per heavy atom. The fourth-order valence-corrected chi connectivity index (χ4v) is 5.24. The van der Waals surface area contributed by atoms with E-state index in [1.165, 1.54) is 18.2 Å². The van der Waals surface area contributed by atoms with Gasteiger partial charge in [0.1, 0.15) is 17.4 Å². The predicted molar refractivity (Wildman–Crippen MR) is 132 cm³/mol. The number of ether oxygens (including phenoxy) is 1. The minimum atomic E-state index is -3.03. The summed E-state index contributed by atoms with van der Waals surface area (Å²) in [6.07, 6.45) is 1.17. The molecular weight excluding hydrogens is 491 g/mol. The van der Waals surface area contributed by atoms with Crippen LogP contribution in [0.4, 0.5) is 13.2 Å². The van der Waals surface area contributed by atoms with Crippen LogP contribution in [-0.2, 0) is 5.88 Å². The molecule has 0 fully saturated rings. The number of fused-ring (bicyclic) bond motifs is 3. The number of carbonyl (C=O) groups excluding carboxylic acids is 1. The van der Waals surface area contributed by atoms with Crippen molar-refractivity contribution in [2.45, 2.75) is 31.0 Å². The molecular formula is C27H23ClF3N3O2. The predicted octanol–water partition coefficient (Wildman–Crippen LogP) is 6.59. The van der Waals surface area contributed by atoms with Crippen molar-refractivity contribution in [3.05, 3.63) is 82.9 Å². The Labute approximate surface area is 211 Å². The molecule has 0 amide bonds. The summed E-state index contributed by atoms with van der Waals surface area (Å²) in [5.74, 6) is 0.403. The zero-order valence-corrected chi connectivity index (χ0v) is 20.3. The van der Waals surface area contributed by atoms with Gasteiger partial charge in [-0.3, -0.25) is 9.69 Å². The second-order valence-electron chi connectivity index (χ2n) is 8.97. The van der Waals surface area contributed by atoms with Crippen LogP contribution in [0, 0.1) is 5.82 Å². The number of aromatic nitrogens is 2. The quantitative estimate of drug-likeness (QED) is 0.206. The van der Waals surface area contributed by atoms with Crippen LogP contribution in [0.5, 0.6) is 5.75 Å². The molecule has 1 aliphatic heterocycles. The summed E-state index contributed by atoms with van der Waals surface area (Å²) in [6.45, 7) is -3.03. The van der Waals surface area contributed by atoms with Crippen LogP contribution in [0.25, 0.3) is 22.2 Å². The molecule has 3 aromatic carbocycles.